The molecule has 306 valence electrons. The van der Waals surface area contributed by atoms with Crippen molar-refractivity contribution in [3.8, 4) is 5.75 Å². The number of fused-ring (bicyclic) bond motifs is 2. The first-order chi connectivity index (χ1) is 27.9. The van der Waals surface area contributed by atoms with E-state index in [-0.39, 0.29) is 23.9 Å². The Hall–Kier alpha value is -5.02. The molecule has 2 saturated heterocycles. The molecule has 2 aromatic heterocycles. The third-order valence-electron chi connectivity index (χ3n) is 12.2. The van der Waals surface area contributed by atoms with Crippen molar-refractivity contribution in [1.29, 1.82) is 0 Å². The summed E-state index contributed by atoms with van der Waals surface area (Å²) in [6, 6.07) is 12.9. The van der Waals surface area contributed by atoms with Crippen molar-refractivity contribution < 1.29 is 32.7 Å². The minimum Gasteiger partial charge on any atom is -0.494 e. The second kappa shape index (κ2) is 16.7. The SMILES string of the molecule is COc1cc2nc(C3CCC(CN4CCC(CCNc5cccc6c5C(=O)N(C5CCC(=O)NC5=O)C6)CC4)CC3)sc2cc1NC(=O)c1cccc(C(C)(F)F)n1. The smallest absolute Gasteiger partial charge is 0.287 e. The Labute approximate surface area is 340 Å². The molecule has 3 fully saturated rings. The number of piperidine rings is 2. The van der Waals surface area contributed by atoms with Crippen LogP contribution in [0.1, 0.15) is 108 Å². The molecule has 1 saturated carbocycles. The number of benzene rings is 2. The number of pyridine rings is 1. The Morgan fingerprint density at radius 2 is 1.74 bits per heavy atom. The zero-order chi connectivity index (χ0) is 40.6. The van der Waals surface area contributed by atoms with Crippen molar-refractivity contribution in [1.82, 2.24) is 25.1 Å². The number of carbonyl (C=O) groups is 4. The number of thiazole rings is 1. The normalized spacial score (nSPS) is 21.9. The molecular weight excluding hydrogens is 765 g/mol. The number of aromatic nitrogens is 2. The summed E-state index contributed by atoms with van der Waals surface area (Å²) in [6.45, 7) is 5.21. The fraction of sp³-hybridized carbons (Fsp3) is 0.488. The number of ether oxygens (including phenoxy) is 1. The summed E-state index contributed by atoms with van der Waals surface area (Å²) < 4.78 is 34.2. The summed E-state index contributed by atoms with van der Waals surface area (Å²) in [5.41, 5.74) is 3.04. The van der Waals surface area contributed by atoms with Crippen molar-refractivity contribution in [2.75, 3.05) is 43.9 Å². The first kappa shape index (κ1) is 39.8. The van der Waals surface area contributed by atoms with E-state index < -0.39 is 29.5 Å². The number of hydrogen-bond donors (Lipinski definition) is 3. The first-order valence-electron chi connectivity index (χ1n) is 20.3. The van der Waals surface area contributed by atoms with Gasteiger partial charge in [-0.2, -0.15) is 8.78 Å². The monoisotopic (exact) mass is 813 g/mol. The van der Waals surface area contributed by atoms with Gasteiger partial charge in [-0.25, -0.2) is 9.97 Å². The molecule has 1 aliphatic carbocycles. The van der Waals surface area contributed by atoms with Gasteiger partial charge in [-0.05, 0) is 106 Å². The predicted octanol–water partition coefficient (Wildman–Crippen LogP) is 7.31. The fourth-order valence-corrected chi connectivity index (χ4v) is 10.2. The topological polar surface area (TPSA) is 146 Å². The molecule has 3 aliphatic heterocycles. The van der Waals surface area contributed by atoms with Gasteiger partial charge in [-0.15, -0.1) is 11.3 Å². The molecule has 5 heterocycles. The quantitative estimate of drug-likeness (QED) is 0.125. The van der Waals surface area contributed by atoms with E-state index in [0.717, 1.165) is 105 Å². The number of methoxy groups -OCH3 is 1. The Morgan fingerprint density at radius 1 is 0.966 bits per heavy atom. The van der Waals surface area contributed by atoms with Gasteiger partial charge in [-0.3, -0.25) is 24.5 Å². The molecular formula is C43H49F2N7O5S. The van der Waals surface area contributed by atoms with Crippen LogP contribution in [0, 0.1) is 11.8 Å². The minimum atomic E-state index is -3.16. The summed E-state index contributed by atoms with van der Waals surface area (Å²) in [7, 11) is 1.52. The second-order valence-electron chi connectivity index (χ2n) is 16.2. The lowest BCUT2D eigenvalue weighted by Crippen LogP contribution is -2.52. The highest BCUT2D eigenvalue weighted by molar-refractivity contribution is 7.18. The van der Waals surface area contributed by atoms with Crippen molar-refractivity contribution in [2.45, 2.75) is 89.1 Å². The van der Waals surface area contributed by atoms with E-state index >= 15 is 0 Å². The fourth-order valence-electron chi connectivity index (χ4n) is 8.99. The number of likely N-dealkylation sites (tertiary alicyclic amines) is 1. The van der Waals surface area contributed by atoms with Crippen LogP contribution in [0.25, 0.3) is 10.2 Å². The van der Waals surface area contributed by atoms with Gasteiger partial charge in [0.25, 0.3) is 17.7 Å². The Kier molecular flexibility index (Phi) is 11.4. The highest BCUT2D eigenvalue weighted by Crippen LogP contribution is 2.42. The molecule has 8 rings (SSSR count). The first-order valence-corrected chi connectivity index (χ1v) is 21.1. The summed E-state index contributed by atoms with van der Waals surface area (Å²) in [5.74, 6) is -2.50. The molecule has 0 spiro atoms. The van der Waals surface area contributed by atoms with E-state index in [9.17, 15) is 28.0 Å². The molecule has 4 amide bonds. The van der Waals surface area contributed by atoms with E-state index in [1.807, 2.05) is 30.3 Å². The number of alkyl halides is 2. The van der Waals surface area contributed by atoms with Crippen LogP contribution < -0.4 is 20.7 Å². The van der Waals surface area contributed by atoms with Gasteiger partial charge in [-0.1, -0.05) is 18.2 Å². The Balaban J connectivity index is 0.786. The zero-order valence-electron chi connectivity index (χ0n) is 32.8. The van der Waals surface area contributed by atoms with E-state index in [4.69, 9.17) is 9.72 Å². The van der Waals surface area contributed by atoms with Crippen LogP contribution in [0.15, 0.2) is 48.5 Å². The zero-order valence-corrected chi connectivity index (χ0v) is 33.6. The lowest BCUT2D eigenvalue weighted by Gasteiger charge is -2.36. The maximum absolute atomic E-state index is 13.8. The third-order valence-corrected chi connectivity index (χ3v) is 13.4. The Morgan fingerprint density at radius 3 is 2.48 bits per heavy atom. The van der Waals surface area contributed by atoms with Crippen molar-refractivity contribution in [3.63, 3.8) is 0 Å². The van der Waals surface area contributed by atoms with Crippen LogP contribution in [0.4, 0.5) is 20.2 Å². The molecule has 2 aromatic carbocycles. The molecule has 0 radical (unpaired) electrons. The number of carbonyl (C=O) groups excluding carboxylic acids is 4. The molecule has 58 heavy (non-hydrogen) atoms. The standard InChI is InChI=1S/C43H49F2N7O5S/c1-43(44,45)36-8-4-7-30(47-36)39(54)48-31-22-35-32(21-34(31)57-2)49-41(58-35)27-11-9-26(10-12-27)23-51-19-16-25(17-20-51)15-18-46-29-6-3-5-28-24-52(42(56)38(28)29)33-13-14-37(53)50-40(33)55/h3-8,21-22,25-27,33,46H,9-20,23-24H2,1-2H3,(H,48,54)(H,50,53,55). The van der Waals surface area contributed by atoms with Crippen LogP contribution in [0.5, 0.6) is 5.75 Å². The minimum absolute atomic E-state index is 0.102. The maximum atomic E-state index is 13.8. The number of amides is 4. The number of nitrogens with zero attached hydrogens (tertiary/aromatic N) is 4. The lowest BCUT2D eigenvalue weighted by molar-refractivity contribution is -0.136. The summed E-state index contributed by atoms with van der Waals surface area (Å²) >= 11 is 1.63. The summed E-state index contributed by atoms with van der Waals surface area (Å²) in [4.78, 5) is 63.6. The summed E-state index contributed by atoms with van der Waals surface area (Å²) in [5, 5.41) is 9.78. The number of anilines is 2. The maximum Gasteiger partial charge on any atom is 0.287 e. The molecule has 15 heteroatoms. The van der Waals surface area contributed by atoms with Crippen molar-refractivity contribution in [2.24, 2.45) is 11.8 Å². The number of hydrogen-bond acceptors (Lipinski definition) is 10. The van der Waals surface area contributed by atoms with Crippen LogP contribution >= 0.6 is 11.3 Å². The van der Waals surface area contributed by atoms with Gasteiger partial charge in [0.05, 0.1) is 33.6 Å². The van der Waals surface area contributed by atoms with Crippen molar-refractivity contribution in [3.05, 3.63) is 76.1 Å². The van der Waals surface area contributed by atoms with E-state index in [1.165, 1.54) is 25.3 Å². The van der Waals surface area contributed by atoms with Gasteiger partial charge in [0.2, 0.25) is 11.8 Å². The van der Waals surface area contributed by atoms with Gasteiger partial charge in [0, 0.05) is 50.7 Å². The van der Waals surface area contributed by atoms with Crippen LogP contribution in [-0.2, 0) is 22.1 Å². The molecule has 4 aliphatic rings. The molecule has 3 N–H and O–H groups in total. The summed E-state index contributed by atoms with van der Waals surface area (Å²) in [6.07, 6.45) is 8.39. The average molecular weight is 814 g/mol. The predicted molar refractivity (Wildman–Crippen MR) is 217 cm³/mol. The molecule has 1 atom stereocenters. The largest absolute Gasteiger partial charge is 0.494 e. The lowest BCUT2D eigenvalue weighted by atomic mass is 9.81. The average Bonchev–Trinajstić information content (AvgIpc) is 3.78. The highest BCUT2D eigenvalue weighted by Gasteiger charge is 2.40. The van der Waals surface area contributed by atoms with E-state index in [2.05, 4.69) is 25.8 Å². The van der Waals surface area contributed by atoms with Crippen LogP contribution in [0.2, 0.25) is 0 Å². The number of rotatable bonds is 12. The molecule has 0 bridgehead atoms. The van der Waals surface area contributed by atoms with Gasteiger partial charge in [0.15, 0.2) is 0 Å². The van der Waals surface area contributed by atoms with Crippen LogP contribution in [-0.4, -0.2) is 82.7 Å². The number of halogens is 2. The van der Waals surface area contributed by atoms with Gasteiger partial charge >= 0.3 is 0 Å². The van der Waals surface area contributed by atoms with Gasteiger partial charge < -0.3 is 25.2 Å². The van der Waals surface area contributed by atoms with E-state index in [0.29, 0.717) is 47.7 Å². The van der Waals surface area contributed by atoms with Gasteiger partial charge in [0.1, 0.15) is 23.2 Å². The molecule has 12 nitrogen and oxygen atoms in total. The van der Waals surface area contributed by atoms with Crippen molar-refractivity contribution >= 4 is 56.6 Å². The van der Waals surface area contributed by atoms with Crippen LogP contribution in [0.3, 0.4) is 0 Å². The third kappa shape index (κ3) is 8.56. The number of imide groups is 1. The number of nitrogens with one attached hydrogen (secondary N) is 3. The molecule has 4 aromatic rings. The molecule has 1 unspecified atom stereocenters. The highest BCUT2D eigenvalue weighted by atomic mass is 32.1. The Bertz CT molecular complexity index is 2210. The second-order valence-corrected chi connectivity index (χ2v) is 17.3. The van der Waals surface area contributed by atoms with E-state index in [1.54, 1.807) is 16.2 Å².